The zero-order chi connectivity index (χ0) is 11.7. The number of halogens is 2. The third-order valence-corrected chi connectivity index (χ3v) is 2.19. The first-order valence-corrected chi connectivity index (χ1v) is 5.13. The number of rotatable bonds is 2. The second-order valence-corrected chi connectivity index (χ2v) is 3.48. The minimum absolute atomic E-state index is 0.0234. The Morgan fingerprint density at radius 1 is 1.38 bits per heavy atom. The summed E-state index contributed by atoms with van der Waals surface area (Å²) >= 11 is 11.4. The van der Waals surface area contributed by atoms with E-state index in [2.05, 4.69) is 19.9 Å². The van der Waals surface area contributed by atoms with Crippen molar-refractivity contribution in [2.24, 2.45) is 0 Å². The van der Waals surface area contributed by atoms with Gasteiger partial charge in [0.05, 0.1) is 6.61 Å². The van der Waals surface area contributed by atoms with Gasteiger partial charge in [0.2, 0.25) is 11.1 Å². The van der Waals surface area contributed by atoms with Crippen LogP contribution in [0.15, 0.2) is 0 Å². The summed E-state index contributed by atoms with van der Waals surface area (Å²) in [7, 11) is 0. The van der Waals surface area contributed by atoms with E-state index in [4.69, 9.17) is 27.9 Å². The Bertz CT molecular complexity index is 554. The molecule has 1 N–H and O–H groups in total. The fraction of sp³-hybridized carbons (Fsp3) is 0.250. The molecule has 0 amide bonds. The van der Waals surface area contributed by atoms with E-state index in [9.17, 15) is 4.79 Å². The lowest BCUT2D eigenvalue weighted by molar-refractivity contribution is 0.0513. The molecule has 0 fully saturated rings. The number of esters is 1. The molecular formula is C8H6Cl2N4O2. The number of hydrogen-bond acceptors (Lipinski definition) is 5. The Labute approximate surface area is 100.0 Å². The third kappa shape index (κ3) is 1.94. The highest BCUT2D eigenvalue weighted by Crippen LogP contribution is 2.19. The molecule has 0 aromatic carbocycles. The summed E-state index contributed by atoms with van der Waals surface area (Å²) in [5.41, 5.74) is 0.585. The largest absolute Gasteiger partial charge is 0.460 e. The Morgan fingerprint density at radius 3 is 2.81 bits per heavy atom. The van der Waals surface area contributed by atoms with Crippen molar-refractivity contribution < 1.29 is 9.53 Å². The highest BCUT2D eigenvalue weighted by molar-refractivity contribution is 6.35. The van der Waals surface area contributed by atoms with E-state index in [1.165, 1.54) is 0 Å². The Hall–Kier alpha value is -1.40. The van der Waals surface area contributed by atoms with Crippen molar-refractivity contribution in [3.8, 4) is 0 Å². The van der Waals surface area contributed by atoms with Crippen LogP contribution in [-0.2, 0) is 4.74 Å². The maximum atomic E-state index is 11.4. The maximum Gasteiger partial charge on any atom is 0.374 e. The first-order valence-electron chi connectivity index (χ1n) is 4.37. The van der Waals surface area contributed by atoms with Crippen LogP contribution in [0.4, 0.5) is 0 Å². The van der Waals surface area contributed by atoms with Gasteiger partial charge in [0, 0.05) is 0 Å². The van der Waals surface area contributed by atoms with E-state index < -0.39 is 5.97 Å². The Morgan fingerprint density at radius 2 is 2.12 bits per heavy atom. The van der Waals surface area contributed by atoms with Gasteiger partial charge in [-0.25, -0.2) is 14.8 Å². The van der Waals surface area contributed by atoms with Crippen LogP contribution in [0.3, 0.4) is 0 Å². The van der Waals surface area contributed by atoms with Crippen LogP contribution < -0.4 is 0 Å². The number of fused-ring (bicyclic) bond motifs is 1. The molecule has 0 spiro atoms. The molecule has 2 aromatic heterocycles. The second kappa shape index (κ2) is 4.23. The van der Waals surface area contributed by atoms with Crippen LogP contribution in [0.5, 0.6) is 0 Å². The molecule has 0 bridgehead atoms. The van der Waals surface area contributed by atoms with Gasteiger partial charge < -0.3 is 9.72 Å². The minimum atomic E-state index is -0.576. The van der Waals surface area contributed by atoms with Crippen molar-refractivity contribution in [3.63, 3.8) is 0 Å². The van der Waals surface area contributed by atoms with Gasteiger partial charge in [-0.3, -0.25) is 0 Å². The minimum Gasteiger partial charge on any atom is -0.460 e. The SMILES string of the molecule is CCOC(=O)c1nc2nc(Cl)nc(Cl)c2[nH]1. The summed E-state index contributed by atoms with van der Waals surface area (Å²) in [6, 6.07) is 0. The number of hydrogen-bond donors (Lipinski definition) is 1. The highest BCUT2D eigenvalue weighted by atomic mass is 35.5. The van der Waals surface area contributed by atoms with Gasteiger partial charge in [0.15, 0.2) is 10.8 Å². The van der Waals surface area contributed by atoms with Crippen molar-refractivity contribution in [1.82, 2.24) is 19.9 Å². The molecule has 2 heterocycles. The molecule has 16 heavy (non-hydrogen) atoms. The maximum absolute atomic E-state index is 11.4. The topological polar surface area (TPSA) is 80.8 Å². The molecule has 8 heteroatoms. The van der Waals surface area contributed by atoms with Crippen LogP contribution >= 0.6 is 23.2 Å². The zero-order valence-corrected chi connectivity index (χ0v) is 9.63. The summed E-state index contributed by atoms with van der Waals surface area (Å²) in [5.74, 6) is -0.553. The number of H-pyrrole nitrogens is 1. The van der Waals surface area contributed by atoms with Gasteiger partial charge in [0.25, 0.3) is 0 Å². The quantitative estimate of drug-likeness (QED) is 0.506. The van der Waals surface area contributed by atoms with Crippen molar-refractivity contribution in [3.05, 3.63) is 16.3 Å². The molecule has 2 rings (SSSR count). The number of nitrogens with one attached hydrogen (secondary N) is 1. The number of aromatic nitrogens is 4. The molecule has 0 atom stereocenters. The molecule has 0 unspecified atom stereocenters. The summed E-state index contributed by atoms with van der Waals surface area (Å²) in [5, 5.41) is 0.0810. The first kappa shape index (κ1) is 11.1. The molecular weight excluding hydrogens is 255 g/mol. The lowest BCUT2D eigenvalue weighted by Gasteiger charge is -1.95. The van der Waals surface area contributed by atoms with E-state index in [1.54, 1.807) is 6.92 Å². The van der Waals surface area contributed by atoms with Gasteiger partial charge in [-0.2, -0.15) is 4.98 Å². The fourth-order valence-corrected chi connectivity index (χ4v) is 1.55. The van der Waals surface area contributed by atoms with Gasteiger partial charge in [-0.1, -0.05) is 11.6 Å². The van der Waals surface area contributed by atoms with Crippen molar-refractivity contribution >= 4 is 40.3 Å². The monoisotopic (exact) mass is 260 g/mol. The number of aromatic amines is 1. The first-order chi connectivity index (χ1) is 7.61. The van der Waals surface area contributed by atoms with Gasteiger partial charge >= 0.3 is 5.97 Å². The Balaban J connectivity index is 2.51. The predicted molar refractivity (Wildman–Crippen MR) is 57.7 cm³/mol. The smallest absolute Gasteiger partial charge is 0.374 e. The van der Waals surface area contributed by atoms with E-state index in [-0.39, 0.29) is 28.5 Å². The van der Waals surface area contributed by atoms with Crippen molar-refractivity contribution in [1.29, 1.82) is 0 Å². The van der Waals surface area contributed by atoms with Gasteiger partial charge in [0.1, 0.15) is 5.52 Å². The number of imidazole rings is 1. The van der Waals surface area contributed by atoms with Crippen LogP contribution in [0, 0.1) is 0 Å². The average Bonchev–Trinajstić information content (AvgIpc) is 2.62. The number of carbonyl (C=O) groups is 1. The molecule has 0 aliphatic heterocycles. The number of ether oxygens (including phenoxy) is 1. The van der Waals surface area contributed by atoms with Crippen molar-refractivity contribution in [2.45, 2.75) is 6.92 Å². The predicted octanol–water partition coefficient (Wildman–Crippen LogP) is 1.84. The van der Waals surface area contributed by atoms with E-state index in [1.807, 2.05) is 0 Å². The van der Waals surface area contributed by atoms with Crippen LogP contribution in [-0.4, -0.2) is 32.5 Å². The Kier molecular flexibility index (Phi) is 2.93. The number of carbonyl (C=O) groups excluding carboxylic acids is 1. The van der Waals surface area contributed by atoms with Gasteiger partial charge in [-0.15, -0.1) is 0 Å². The van der Waals surface area contributed by atoms with E-state index >= 15 is 0 Å². The van der Waals surface area contributed by atoms with E-state index in [0.717, 1.165) is 0 Å². The molecule has 0 aliphatic rings. The van der Waals surface area contributed by atoms with Crippen LogP contribution in [0.25, 0.3) is 11.2 Å². The summed E-state index contributed by atoms with van der Waals surface area (Å²) in [6.45, 7) is 1.96. The molecule has 2 aromatic rings. The highest BCUT2D eigenvalue weighted by Gasteiger charge is 2.16. The van der Waals surface area contributed by atoms with Crippen LogP contribution in [0.2, 0.25) is 10.4 Å². The van der Waals surface area contributed by atoms with Crippen molar-refractivity contribution in [2.75, 3.05) is 6.61 Å². The molecule has 84 valence electrons. The molecule has 6 nitrogen and oxygen atoms in total. The fourth-order valence-electron chi connectivity index (χ4n) is 1.13. The number of nitrogens with zero attached hydrogens (tertiary/aromatic N) is 3. The molecule has 0 saturated heterocycles. The second-order valence-electron chi connectivity index (χ2n) is 2.79. The third-order valence-electron chi connectivity index (χ3n) is 1.75. The summed E-state index contributed by atoms with van der Waals surface area (Å²) in [6.07, 6.45) is 0. The lowest BCUT2D eigenvalue weighted by Crippen LogP contribution is -2.06. The molecule has 0 saturated carbocycles. The van der Waals surface area contributed by atoms with Gasteiger partial charge in [-0.05, 0) is 18.5 Å². The average molecular weight is 261 g/mol. The molecule has 0 aliphatic carbocycles. The normalized spacial score (nSPS) is 10.7. The van der Waals surface area contributed by atoms with E-state index in [0.29, 0.717) is 5.52 Å². The molecule has 0 radical (unpaired) electrons. The zero-order valence-electron chi connectivity index (χ0n) is 8.12. The lowest BCUT2D eigenvalue weighted by atomic mass is 10.6. The summed E-state index contributed by atoms with van der Waals surface area (Å²) < 4.78 is 4.77. The van der Waals surface area contributed by atoms with Crippen LogP contribution in [0.1, 0.15) is 17.5 Å². The standard InChI is InChI=1S/C8H6Cl2N4O2/c1-2-16-7(15)6-11-3-4(9)12-8(10)14-5(3)13-6/h2H2,1H3,(H,11,12,13,14). The summed E-state index contributed by atoms with van der Waals surface area (Å²) in [4.78, 5) is 25.5.